The Labute approximate surface area is 234 Å². The number of hydrogen-bond acceptors (Lipinski definition) is 9. The number of carbonyl (C=O) groups is 3. The zero-order chi connectivity index (χ0) is 29.2. The number of fused-ring (bicyclic) bond motifs is 3. The lowest BCUT2D eigenvalue weighted by Gasteiger charge is -2.66. The smallest absolute Gasteiger partial charge is 0.338 e. The van der Waals surface area contributed by atoms with E-state index in [1.807, 2.05) is 0 Å². The molecule has 1 aromatic rings. The highest BCUT2D eigenvalue weighted by Gasteiger charge is 2.78. The van der Waals surface area contributed by atoms with Crippen molar-refractivity contribution in [3.8, 4) is 11.5 Å². The Morgan fingerprint density at radius 2 is 1.77 bits per heavy atom. The minimum Gasteiger partial charge on any atom is -0.493 e. The molecule has 0 heterocycles. The second-order valence-electron chi connectivity index (χ2n) is 12.7. The Morgan fingerprint density at radius 3 is 2.42 bits per heavy atom. The molecular formula is C31H40O9. The van der Waals surface area contributed by atoms with Crippen LogP contribution in [0.15, 0.2) is 30.4 Å². The number of esters is 2. The summed E-state index contributed by atoms with van der Waals surface area (Å²) in [7, 11) is 2.96. The number of Topliss-reactive ketones (excluding diaryl/α,β-unsaturated/α-hetero) is 1. The highest BCUT2D eigenvalue weighted by Crippen LogP contribution is 2.71. The molecule has 9 nitrogen and oxygen atoms in total. The second kappa shape index (κ2) is 9.87. The topological polar surface area (TPSA) is 129 Å². The molecule has 2 bridgehead atoms. The molecule has 0 unspecified atom stereocenters. The van der Waals surface area contributed by atoms with E-state index in [-0.39, 0.29) is 47.7 Å². The molecule has 9 heteroatoms. The van der Waals surface area contributed by atoms with Gasteiger partial charge in [-0.1, -0.05) is 26.8 Å². The highest BCUT2D eigenvalue weighted by molar-refractivity contribution is 6.05. The molecular weight excluding hydrogens is 516 g/mol. The Kier molecular flexibility index (Phi) is 7.06. The van der Waals surface area contributed by atoms with Crippen LogP contribution in [0.25, 0.3) is 0 Å². The van der Waals surface area contributed by atoms with E-state index in [0.29, 0.717) is 17.9 Å². The van der Waals surface area contributed by atoms with Crippen LogP contribution in [-0.2, 0) is 19.1 Å². The number of rotatable bonds is 6. The molecule has 4 aliphatic carbocycles. The second-order valence-corrected chi connectivity index (χ2v) is 12.7. The number of aliphatic hydroxyl groups is 2. The fraction of sp³-hybridized carbons (Fsp3) is 0.645. The van der Waals surface area contributed by atoms with Crippen LogP contribution in [0.5, 0.6) is 11.5 Å². The van der Waals surface area contributed by atoms with Crippen molar-refractivity contribution in [2.45, 2.75) is 71.2 Å². The van der Waals surface area contributed by atoms with Crippen LogP contribution in [0.2, 0.25) is 0 Å². The Bertz CT molecular complexity index is 1240. The van der Waals surface area contributed by atoms with Crippen LogP contribution < -0.4 is 9.47 Å². The maximum Gasteiger partial charge on any atom is 0.338 e. The first-order valence-corrected chi connectivity index (χ1v) is 14.0. The van der Waals surface area contributed by atoms with Crippen LogP contribution in [0.3, 0.4) is 0 Å². The lowest BCUT2D eigenvalue weighted by molar-refractivity contribution is -0.264. The fourth-order valence-corrected chi connectivity index (χ4v) is 8.97. The molecule has 0 radical (unpaired) electrons. The van der Waals surface area contributed by atoms with Gasteiger partial charge in [0.25, 0.3) is 0 Å². The number of carbonyl (C=O) groups excluding carboxylic acids is 3. The van der Waals surface area contributed by atoms with Crippen molar-refractivity contribution in [3.05, 3.63) is 35.9 Å². The molecule has 0 amide bonds. The van der Waals surface area contributed by atoms with E-state index in [9.17, 15) is 24.6 Å². The third-order valence-corrected chi connectivity index (χ3v) is 10.5. The van der Waals surface area contributed by atoms with E-state index in [4.69, 9.17) is 18.9 Å². The van der Waals surface area contributed by atoms with Crippen molar-refractivity contribution in [3.63, 3.8) is 0 Å². The Morgan fingerprint density at radius 1 is 1.07 bits per heavy atom. The fourth-order valence-electron chi connectivity index (χ4n) is 8.97. The van der Waals surface area contributed by atoms with Crippen molar-refractivity contribution < 1.29 is 43.5 Å². The van der Waals surface area contributed by atoms with Crippen LogP contribution in [-0.4, -0.2) is 67.1 Å². The summed E-state index contributed by atoms with van der Waals surface area (Å²) < 4.78 is 22.5. The van der Waals surface area contributed by atoms with Gasteiger partial charge in [0.05, 0.1) is 38.6 Å². The third-order valence-electron chi connectivity index (χ3n) is 10.5. The van der Waals surface area contributed by atoms with Crippen molar-refractivity contribution in [1.82, 2.24) is 0 Å². The van der Waals surface area contributed by atoms with Gasteiger partial charge >= 0.3 is 11.9 Å². The Hall–Kier alpha value is -2.91. The van der Waals surface area contributed by atoms with Crippen LogP contribution >= 0.6 is 0 Å². The lowest BCUT2D eigenvalue weighted by Crippen LogP contribution is -2.72. The summed E-state index contributed by atoms with van der Waals surface area (Å²) in [6.45, 7) is 9.68. The van der Waals surface area contributed by atoms with E-state index in [0.717, 1.165) is 12.8 Å². The van der Waals surface area contributed by atoms with E-state index >= 15 is 0 Å². The van der Waals surface area contributed by atoms with Gasteiger partial charge in [-0.05, 0) is 60.8 Å². The Balaban J connectivity index is 1.62. The number of methoxy groups -OCH3 is 2. The van der Waals surface area contributed by atoms with Gasteiger partial charge in [-0.3, -0.25) is 9.59 Å². The van der Waals surface area contributed by atoms with Crippen LogP contribution in [0, 0.1) is 34.0 Å². The van der Waals surface area contributed by atoms with Crippen LogP contribution in [0.1, 0.15) is 63.2 Å². The van der Waals surface area contributed by atoms with Crippen molar-refractivity contribution >= 4 is 17.7 Å². The molecule has 0 saturated heterocycles. The minimum atomic E-state index is -1.60. The lowest BCUT2D eigenvalue weighted by atomic mass is 9.39. The number of ketones is 1. The monoisotopic (exact) mass is 556 g/mol. The summed E-state index contributed by atoms with van der Waals surface area (Å²) >= 11 is 0. The summed E-state index contributed by atoms with van der Waals surface area (Å²) in [5.74, 6) is -2.27. The number of benzene rings is 1. The maximum atomic E-state index is 14.2. The normalized spacial score (nSPS) is 37.7. The molecule has 8 atom stereocenters. The largest absolute Gasteiger partial charge is 0.493 e. The van der Waals surface area contributed by atoms with Gasteiger partial charge in [-0.25, -0.2) is 4.79 Å². The predicted molar refractivity (Wildman–Crippen MR) is 144 cm³/mol. The number of hydrogen-bond donors (Lipinski definition) is 2. The zero-order valence-electron chi connectivity index (χ0n) is 23.9. The molecule has 1 spiro atoms. The van der Waals surface area contributed by atoms with Gasteiger partial charge in [0.15, 0.2) is 17.3 Å². The zero-order valence-corrected chi connectivity index (χ0v) is 23.9. The molecule has 2 N–H and O–H groups in total. The molecule has 40 heavy (non-hydrogen) atoms. The highest BCUT2D eigenvalue weighted by atomic mass is 16.6. The molecule has 4 fully saturated rings. The van der Waals surface area contributed by atoms with Crippen molar-refractivity contribution in [2.75, 3.05) is 20.8 Å². The SMILES string of the molecule is C=C1C(=O)[C@@]23[C@H](O)C[C@@H]4C(C)(C)CCC[C@@]4(COC(C)=O)[C@@H]2[C@@H](O)C[C@H]1[C@H]3OC(=O)c1ccc(OC)c(OC)c1. The maximum absolute atomic E-state index is 14.2. The summed E-state index contributed by atoms with van der Waals surface area (Å²) in [5, 5.41) is 23.7. The minimum absolute atomic E-state index is 0.0212. The summed E-state index contributed by atoms with van der Waals surface area (Å²) in [6.07, 6.45) is -0.445. The molecule has 0 aromatic heterocycles. The third kappa shape index (κ3) is 3.91. The first-order chi connectivity index (χ1) is 18.8. The first-order valence-electron chi connectivity index (χ1n) is 14.0. The van der Waals surface area contributed by atoms with Crippen LogP contribution in [0.4, 0.5) is 0 Å². The first kappa shape index (κ1) is 28.6. The molecule has 5 rings (SSSR count). The summed E-state index contributed by atoms with van der Waals surface area (Å²) in [5.41, 5.74) is -2.17. The van der Waals surface area contributed by atoms with Gasteiger partial charge < -0.3 is 29.2 Å². The van der Waals surface area contributed by atoms with Gasteiger partial charge in [0, 0.05) is 24.2 Å². The van der Waals surface area contributed by atoms with Crippen molar-refractivity contribution in [1.29, 1.82) is 0 Å². The van der Waals surface area contributed by atoms with Gasteiger partial charge in [0.1, 0.15) is 11.5 Å². The van der Waals surface area contributed by atoms with E-state index in [2.05, 4.69) is 20.4 Å². The van der Waals surface area contributed by atoms with Gasteiger partial charge in [-0.15, -0.1) is 0 Å². The van der Waals surface area contributed by atoms with Crippen molar-refractivity contribution in [2.24, 2.45) is 34.0 Å². The molecule has 0 aliphatic heterocycles. The number of aliphatic hydroxyl groups excluding tert-OH is 2. The standard InChI is InChI=1S/C31H40O9/c1-16-19-13-20(33)25-30(15-39-17(2)32)11-7-10-29(3,4)23(30)14-24(34)31(25,26(16)35)27(19)40-28(36)18-8-9-21(37-5)22(12-18)38-6/h8-9,12,19-20,23-25,27,33-34H,1,7,10-11,13-15H2,2-6H3/t19-,20+,23-,24-,25+,27-,30+,31-/m1/s1. The number of ether oxygens (including phenoxy) is 4. The van der Waals surface area contributed by atoms with E-state index in [1.165, 1.54) is 27.2 Å². The van der Waals surface area contributed by atoms with E-state index in [1.54, 1.807) is 12.1 Å². The van der Waals surface area contributed by atoms with Gasteiger partial charge in [0.2, 0.25) is 0 Å². The molecule has 1 aromatic carbocycles. The average Bonchev–Trinajstić information content (AvgIpc) is 3.04. The molecule has 4 saturated carbocycles. The summed E-state index contributed by atoms with van der Waals surface area (Å²) in [4.78, 5) is 39.9. The molecule has 218 valence electrons. The van der Waals surface area contributed by atoms with E-state index < -0.39 is 52.9 Å². The predicted octanol–water partition coefficient (Wildman–Crippen LogP) is 3.49. The molecule has 4 aliphatic rings. The van der Waals surface area contributed by atoms with Gasteiger partial charge in [-0.2, -0.15) is 0 Å². The quantitative estimate of drug-likeness (QED) is 0.400. The average molecular weight is 557 g/mol. The summed E-state index contributed by atoms with van der Waals surface area (Å²) in [6, 6.07) is 4.65.